The fourth-order valence-electron chi connectivity index (χ4n) is 1.38. The van der Waals surface area contributed by atoms with Crippen LogP contribution in [0, 0.1) is 6.92 Å². The number of carbonyl (C=O) groups is 1. The lowest BCUT2D eigenvalue weighted by molar-refractivity contribution is 0.0635. The third kappa shape index (κ3) is 4.88. The number of benzene rings is 1. The molecule has 0 atom stereocenters. The van der Waals surface area contributed by atoms with Gasteiger partial charge in [-0.3, -0.25) is 5.32 Å². The summed E-state index contributed by atoms with van der Waals surface area (Å²) in [4.78, 5) is 11.5. The SMILES string of the molecule is Cc1ccc(NC(=O)OC(C)(C)C)c(S(N)(=O)=O)c1. The molecule has 1 aromatic rings. The van der Waals surface area contributed by atoms with E-state index in [4.69, 9.17) is 9.88 Å². The van der Waals surface area contributed by atoms with Gasteiger partial charge in [0.05, 0.1) is 5.69 Å². The van der Waals surface area contributed by atoms with Crippen molar-refractivity contribution in [3.05, 3.63) is 23.8 Å². The van der Waals surface area contributed by atoms with E-state index in [1.54, 1.807) is 33.8 Å². The lowest BCUT2D eigenvalue weighted by Crippen LogP contribution is -2.28. The maximum absolute atomic E-state index is 11.6. The molecule has 0 bridgehead atoms. The molecule has 106 valence electrons. The number of nitrogens with two attached hydrogens (primary N) is 1. The lowest BCUT2D eigenvalue weighted by Gasteiger charge is -2.20. The maximum Gasteiger partial charge on any atom is 0.412 e. The molecule has 6 nitrogen and oxygen atoms in total. The van der Waals surface area contributed by atoms with Crippen molar-refractivity contribution in [2.75, 3.05) is 5.32 Å². The van der Waals surface area contributed by atoms with E-state index >= 15 is 0 Å². The molecule has 7 heteroatoms. The average Bonchev–Trinajstić information content (AvgIpc) is 2.16. The Bertz CT molecular complexity index is 588. The fourth-order valence-corrected chi connectivity index (χ4v) is 2.16. The van der Waals surface area contributed by atoms with E-state index in [0.717, 1.165) is 5.56 Å². The summed E-state index contributed by atoms with van der Waals surface area (Å²) in [5.41, 5.74) is 0.150. The van der Waals surface area contributed by atoms with Crippen molar-refractivity contribution in [3.8, 4) is 0 Å². The highest BCUT2D eigenvalue weighted by atomic mass is 32.2. The molecule has 0 heterocycles. The van der Waals surface area contributed by atoms with Gasteiger partial charge in [0, 0.05) is 0 Å². The minimum absolute atomic E-state index is 0.0994. The van der Waals surface area contributed by atoms with Gasteiger partial charge in [0.25, 0.3) is 0 Å². The summed E-state index contributed by atoms with van der Waals surface area (Å²) < 4.78 is 28.0. The molecule has 0 saturated heterocycles. The normalized spacial score (nSPS) is 12.1. The molecule has 1 rings (SSSR count). The van der Waals surface area contributed by atoms with Crippen LogP contribution in [0.5, 0.6) is 0 Å². The van der Waals surface area contributed by atoms with E-state index in [9.17, 15) is 13.2 Å². The first-order chi connectivity index (χ1) is 8.49. The number of rotatable bonds is 2. The fraction of sp³-hybridized carbons (Fsp3) is 0.417. The first-order valence-corrected chi connectivity index (χ1v) is 7.17. The lowest BCUT2D eigenvalue weighted by atomic mass is 10.2. The minimum atomic E-state index is -3.92. The van der Waals surface area contributed by atoms with Crippen LogP contribution in [0.25, 0.3) is 0 Å². The Labute approximate surface area is 113 Å². The number of hydrogen-bond donors (Lipinski definition) is 2. The van der Waals surface area contributed by atoms with Crippen LogP contribution in [0.1, 0.15) is 26.3 Å². The van der Waals surface area contributed by atoms with E-state index in [2.05, 4.69) is 5.32 Å². The van der Waals surface area contributed by atoms with Crippen LogP contribution in [0.15, 0.2) is 23.1 Å². The zero-order valence-corrected chi connectivity index (χ0v) is 12.2. The van der Waals surface area contributed by atoms with Crippen molar-refractivity contribution in [1.29, 1.82) is 0 Å². The quantitative estimate of drug-likeness (QED) is 0.868. The molecule has 0 fully saturated rings. The van der Waals surface area contributed by atoms with Crippen molar-refractivity contribution < 1.29 is 17.9 Å². The van der Waals surface area contributed by atoms with Gasteiger partial charge in [0.15, 0.2) is 0 Å². The maximum atomic E-state index is 11.6. The Hall–Kier alpha value is -1.60. The standard InChI is InChI=1S/C12H18N2O4S/c1-8-5-6-9(10(7-8)19(13,16)17)14-11(15)18-12(2,3)4/h5-7H,1-4H3,(H,14,15)(H2,13,16,17). The van der Waals surface area contributed by atoms with Crippen molar-refractivity contribution in [1.82, 2.24) is 0 Å². The highest BCUT2D eigenvalue weighted by Crippen LogP contribution is 2.22. The molecule has 1 aromatic carbocycles. The molecule has 0 aromatic heterocycles. The number of carbonyl (C=O) groups excluding carboxylic acids is 1. The second kappa shape index (κ2) is 5.18. The summed E-state index contributed by atoms with van der Waals surface area (Å²) in [6.07, 6.45) is -0.735. The summed E-state index contributed by atoms with van der Waals surface area (Å²) in [6.45, 7) is 6.86. The Kier molecular flexibility index (Phi) is 4.21. The highest BCUT2D eigenvalue weighted by Gasteiger charge is 2.20. The van der Waals surface area contributed by atoms with Gasteiger partial charge in [-0.05, 0) is 45.4 Å². The monoisotopic (exact) mass is 286 g/mol. The molecule has 19 heavy (non-hydrogen) atoms. The van der Waals surface area contributed by atoms with Crippen LogP contribution < -0.4 is 10.5 Å². The van der Waals surface area contributed by atoms with Gasteiger partial charge < -0.3 is 4.74 Å². The molecular weight excluding hydrogens is 268 g/mol. The van der Waals surface area contributed by atoms with E-state index in [1.165, 1.54) is 12.1 Å². The Morgan fingerprint density at radius 2 is 1.89 bits per heavy atom. The van der Waals surface area contributed by atoms with Crippen molar-refractivity contribution >= 4 is 21.8 Å². The van der Waals surface area contributed by atoms with Gasteiger partial charge in [-0.25, -0.2) is 18.4 Å². The molecule has 0 aliphatic heterocycles. The van der Waals surface area contributed by atoms with Gasteiger partial charge in [0.1, 0.15) is 10.5 Å². The average molecular weight is 286 g/mol. The molecule has 0 radical (unpaired) electrons. The molecule has 0 saturated carbocycles. The number of ether oxygens (including phenoxy) is 1. The van der Waals surface area contributed by atoms with Crippen LogP contribution in [-0.4, -0.2) is 20.1 Å². The summed E-state index contributed by atoms with van der Waals surface area (Å²) >= 11 is 0. The Balaban J connectivity index is 3.06. The number of nitrogens with one attached hydrogen (secondary N) is 1. The first-order valence-electron chi connectivity index (χ1n) is 5.62. The van der Waals surface area contributed by atoms with E-state index in [1.807, 2.05) is 0 Å². The predicted molar refractivity (Wildman–Crippen MR) is 72.4 cm³/mol. The molecule has 0 spiro atoms. The number of aryl methyl sites for hydroxylation is 1. The number of amides is 1. The molecule has 0 aliphatic carbocycles. The molecule has 0 unspecified atom stereocenters. The minimum Gasteiger partial charge on any atom is -0.444 e. The van der Waals surface area contributed by atoms with Gasteiger partial charge >= 0.3 is 6.09 Å². The number of sulfonamides is 1. The summed E-state index contributed by atoms with van der Waals surface area (Å²) in [5, 5.41) is 7.49. The predicted octanol–water partition coefficient (Wildman–Crippen LogP) is 1.99. The molecule has 0 aliphatic rings. The van der Waals surface area contributed by atoms with Gasteiger partial charge in [-0.1, -0.05) is 6.07 Å². The number of primary sulfonamides is 1. The third-order valence-electron chi connectivity index (χ3n) is 2.08. The van der Waals surface area contributed by atoms with E-state index in [0.29, 0.717) is 0 Å². The number of hydrogen-bond acceptors (Lipinski definition) is 4. The smallest absolute Gasteiger partial charge is 0.412 e. The second-order valence-electron chi connectivity index (χ2n) is 5.17. The van der Waals surface area contributed by atoms with Crippen molar-refractivity contribution in [3.63, 3.8) is 0 Å². The van der Waals surface area contributed by atoms with Gasteiger partial charge in [0.2, 0.25) is 10.0 Å². The largest absolute Gasteiger partial charge is 0.444 e. The Morgan fingerprint density at radius 3 is 2.37 bits per heavy atom. The van der Waals surface area contributed by atoms with E-state index in [-0.39, 0.29) is 10.6 Å². The van der Waals surface area contributed by atoms with Gasteiger partial charge in [-0.2, -0.15) is 0 Å². The van der Waals surface area contributed by atoms with Crippen LogP contribution in [-0.2, 0) is 14.8 Å². The van der Waals surface area contributed by atoms with E-state index < -0.39 is 21.7 Å². The molecule has 1 amide bonds. The Morgan fingerprint density at radius 1 is 1.32 bits per heavy atom. The zero-order valence-electron chi connectivity index (χ0n) is 11.4. The highest BCUT2D eigenvalue weighted by molar-refractivity contribution is 7.89. The summed E-state index contributed by atoms with van der Waals surface area (Å²) in [6, 6.07) is 4.53. The summed E-state index contributed by atoms with van der Waals surface area (Å²) in [7, 11) is -3.92. The topological polar surface area (TPSA) is 98.5 Å². The number of anilines is 1. The molecular formula is C12H18N2O4S. The first kappa shape index (κ1) is 15.5. The van der Waals surface area contributed by atoms with Crippen molar-refractivity contribution in [2.24, 2.45) is 5.14 Å². The van der Waals surface area contributed by atoms with Crippen LogP contribution >= 0.6 is 0 Å². The zero-order chi connectivity index (χ0) is 14.8. The third-order valence-corrected chi connectivity index (χ3v) is 3.03. The second-order valence-corrected chi connectivity index (χ2v) is 6.70. The molecule has 3 N–H and O–H groups in total. The van der Waals surface area contributed by atoms with Gasteiger partial charge in [-0.15, -0.1) is 0 Å². The summed E-state index contributed by atoms with van der Waals surface area (Å²) in [5.74, 6) is 0. The van der Waals surface area contributed by atoms with Crippen LogP contribution in [0.3, 0.4) is 0 Å². The van der Waals surface area contributed by atoms with Crippen LogP contribution in [0.2, 0.25) is 0 Å². The van der Waals surface area contributed by atoms with Crippen molar-refractivity contribution in [2.45, 2.75) is 38.2 Å². The van der Waals surface area contributed by atoms with Crippen LogP contribution in [0.4, 0.5) is 10.5 Å².